The minimum absolute atomic E-state index is 0.0471. The predicted molar refractivity (Wildman–Crippen MR) is 123 cm³/mol. The van der Waals surface area contributed by atoms with Gasteiger partial charge >= 0.3 is 0 Å². The summed E-state index contributed by atoms with van der Waals surface area (Å²) in [6, 6.07) is 11.0. The van der Waals surface area contributed by atoms with Crippen LogP contribution in [0.3, 0.4) is 0 Å². The molecule has 1 unspecified atom stereocenters. The average Bonchev–Trinajstić information content (AvgIpc) is 2.93. The van der Waals surface area contributed by atoms with E-state index in [0.29, 0.717) is 0 Å². The van der Waals surface area contributed by atoms with E-state index >= 15 is 0 Å². The summed E-state index contributed by atoms with van der Waals surface area (Å²) in [7, 11) is 0. The summed E-state index contributed by atoms with van der Waals surface area (Å²) in [4.78, 5) is 5.06. The number of aromatic nitrogens is 2. The number of hydrogen-bond acceptors (Lipinski definition) is 2. The van der Waals surface area contributed by atoms with Crippen molar-refractivity contribution >= 4 is 11.0 Å². The van der Waals surface area contributed by atoms with Gasteiger partial charge in [-0.2, -0.15) is 0 Å². The zero-order valence-electron chi connectivity index (χ0n) is 19.6. The number of ether oxygens (including phenoxy) is 1. The van der Waals surface area contributed by atoms with Crippen LogP contribution in [-0.2, 0) is 11.3 Å². The molecule has 0 fully saturated rings. The standard InChI is InChI=1S/C26H36N2O/c1-17-10-12-20(13-11-17)23-21-14-15-28(16-25(4,5)6)24(21)27-18(2)22(23)19(3)29-26(7,8)9/h10-15,19H,16H2,1-9H3. The van der Waals surface area contributed by atoms with E-state index in [4.69, 9.17) is 9.72 Å². The number of aryl methyl sites for hydroxylation is 2. The molecule has 3 aromatic rings. The molecule has 2 aromatic heterocycles. The lowest BCUT2D eigenvalue weighted by atomic mass is 9.92. The van der Waals surface area contributed by atoms with Crippen LogP contribution in [0, 0.1) is 19.3 Å². The minimum Gasteiger partial charge on any atom is -0.368 e. The molecular formula is C26H36N2O. The number of rotatable bonds is 4. The van der Waals surface area contributed by atoms with Crippen LogP contribution < -0.4 is 0 Å². The number of hydrogen-bond donors (Lipinski definition) is 0. The van der Waals surface area contributed by atoms with E-state index in [9.17, 15) is 0 Å². The molecule has 3 heteroatoms. The fourth-order valence-corrected chi connectivity index (χ4v) is 4.09. The van der Waals surface area contributed by atoms with Crippen LogP contribution in [0.15, 0.2) is 36.5 Å². The normalized spacial score (nSPS) is 13.8. The van der Waals surface area contributed by atoms with Gasteiger partial charge in [0, 0.05) is 34.9 Å². The molecule has 156 valence electrons. The maximum Gasteiger partial charge on any atom is 0.140 e. The number of benzene rings is 1. The minimum atomic E-state index is -0.219. The van der Waals surface area contributed by atoms with Crippen LogP contribution >= 0.6 is 0 Å². The van der Waals surface area contributed by atoms with Gasteiger partial charge in [0.2, 0.25) is 0 Å². The van der Waals surface area contributed by atoms with Crippen molar-refractivity contribution in [1.29, 1.82) is 0 Å². The molecule has 0 radical (unpaired) electrons. The van der Waals surface area contributed by atoms with Crippen LogP contribution in [0.25, 0.3) is 22.2 Å². The lowest BCUT2D eigenvalue weighted by Gasteiger charge is -2.28. The second-order valence-corrected chi connectivity index (χ2v) is 10.5. The fraction of sp³-hybridized carbons (Fsp3) is 0.500. The molecule has 0 N–H and O–H groups in total. The molecule has 1 atom stereocenters. The van der Waals surface area contributed by atoms with E-state index in [0.717, 1.165) is 17.9 Å². The molecule has 0 aliphatic carbocycles. The van der Waals surface area contributed by atoms with E-state index in [2.05, 4.69) is 103 Å². The second-order valence-electron chi connectivity index (χ2n) is 10.5. The summed E-state index contributed by atoms with van der Waals surface area (Å²) in [5.74, 6) is 0. The van der Waals surface area contributed by atoms with Gasteiger partial charge in [-0.15, -0.1) is 0 Å². The monoisotopic (exact) mass is 392 g/mol. The van der Waals surface area contributed by atoms with Gasteiger partial charge in [-0.05, 0) is 58.6 Å². The van der Waals surface area contributed by atoms with E-state index in [-0.39, 0.29) is 17.1 Å². The van der Waals surface area contributed by atoms with Crippen molar-refractivity contribution in [2.45, 2.75) is 80.6 Å². The fourth-order valence-electron chi connectivity index (χ4n) is 4.09. The molecule has 0 aliphatic heterocycles. The highest BCUT2D eigenvalue weighted by Gasteiger charge is 2.25. The third-order valence-electron chi connectivity index (χ3n) is 5.06. The van der Waals surface area contributed by atoms with Gasteiger partial charge < -0.3 is 9.30 Å². The number of fused-ring (bicyclic) bond motifs is 1. The molecule has 0 aliphatic rings. The van der Waals surface area contributed by atoms with Crippen LogP contribution in [-0.4, -0.2) is 15.2 Å². The molecule has 0 saturated carbocycles. The first kappa shape index (κ1) is 21.6. The third-order valence-corrected chi connectivity index (χ3v) is 5.06. The maximum absolute atomic E-state index is 6.38. The summed E-state index contributed by atoms with van der Waals surface area (Å²) >= 11 is 0. The Morgan fingerprint density at radius 1 is 0.966 bits per heavy atom. The molecule has 1 aromatic carbocycles. The first-order valence-electron chi connectivity index (χ1n) is 10.6. The summed E-state index contributed by atoms with van der Waals surface area (Å²) in [5, 5.41) is 1.20. The second kappa shape index (κ2) is 7.60. The van der Waals surface area contributed by atoms with Crippen LogP contribution in [0.4, 0.5) is 0 Å². The van der Waals surface area contributed by atoms with Crippen molar-refractivity contribution in [2.24, 2.45) is 5.41 Å². The first-order valence-corrected chi connectivity index (χ1v) is 10.6. The number of pyridine rings is 1. The summed E-state index contributed by atoms with van der Waals surface area (Å²) in [5.41, 5.74) is 6.98. The Morgan fingerprint density at radius 3 is 2.14 bits per heavy atom. The third kappa shape index (κ3) is 4.90. The van der Waals surface area contributed by atoms with Gasteiger partial charge in [0.1, 0.15) is 5.65 Å². The highest BCUT2D eigenvalue weighted by molar-refractivity contribution is 5.96. The summed E-state index contributed by atoms with van der Waals surface area (Å²) in [6.07, 6.45) is 2.13. The van der Waals surface area contributed by atoms with Crippen LogP contribution in [0.2, 0.25) is 0 Å². The Morgan fingerprint density at radius 2 is 1.59 bits per heavy atom. The predicted octanol–water partition coefficient (Wildman–Crippen LogP) is 7.24. The lowest BCUT2D eigenvalue weighted by Crippen LogP contribution is -2.22. The van der Waals surface area contributed by atoms with Gasteiger partial charge in [0.05, 0.1) is 11.7 Å². The van der Waals surface area contributed by atoms with E-state index in [1.807, 2.05) is 0 Å². The van der Waals surface area contributed by atoms with Crippen LogP contribution in [0.5, 0.6) is 0 Å². The Bertz CT molecular complexity index is 998. The Kier molecular flexibility index (Phi) is 5.66. The molecule has 29 heavy (non-hydrogen) atoms. The smallest absolute Gasteiger partial charge is 0.140 e. The maximum atomic E-state index is 6.38. The lowest BCUT2D eigenvalue weighted by molar-refractivity contribution is -0.0530. The van der Waals surface area contributed by atoms with E-state index in [1.54, 1.807) is 0 Å². The van der Waals surface area contributed by atoms with Gasteiger partial charge in [-0.1, -0.05) is 50.6 Å². The zero-order chi connectivity index (χ0) is 21.6. The Balaban J connectivity index is 2.28. The summed E-state index contributed by atoms with van der Waals surface area (Å²) in [6.45, 7) is 20.4. The van der Waals surface area contributed by atoms with Crippen LogP contribution in [0.1, 0.15) is 71.4 Å². The van der Waals surface area contributed by atoms with Crippen molar-refractivity contribution in [2.75, 3.05) is 0 Å². The SMILES string of the molecule is Cc1ccc(-c2c(C(C)OC(C)(C)C)c(C)nc3c2ccn3CC(C)(C)C)cc1. The van der Waals surface area contributed by atoms with Gasteiger partial charge in [0.15, 0.2) is 0 Å². The number of nitrogens with zero attached hydrogens (tertiary/aromatic N) is 2. The molecular weight excluding hydrogens is 356 g/mol. The molecule has 0 spiro atoms. The Labute approximate surface area is 176 Å². The molecule has 2 heterocycles. The van der Waals surface area contributed by atoms with Gasteiger partial charge in [-0.25, -0.2) is 4.98 Å². The van der Waals surface area contributed by atoms with Crippen molar-refractivity contribution in [3.05, 3.63) is 53.3 Å². The van der Waals surface area contributed by atoms with Gasteiger partial charge in [-0.3, -0.25) is 0 Å². The van der Waals surface area contributed by atoms with Crippen molar-refractivity contribution in [3.8, 4) is 11.1 Å². The quantitative estimate of drug-likeness (QED) is 0.468. The Hall–Kier alpha value is -2.13. The van der Waals surface area contributed by atoms with Crippen molar-refractivity contribution in [1.82, 2.24) is 9.55 Å². The average molecular weight is 393 g/mol. The largest absolute Gasteiger partial charge is 0.368 e. The van der Waals surface area contributed by atoms with E-state index in [1.165, 1.54) is 27.6 Å². The molecule has 0 amide bonds. The zero-order valence-corrected chi connectivity index (χ0v) is 19.6. The van der Waals surface area contributed by atoms with Crippen molar-refractivity contribution < 1.29 is 4.74 Å². The summed E-state index contributed by atoms with van der Waals surface area (Å²) < 4.78 is 8.67. The highest BCUT2D eigenvalue weighted by Crippen LogP contribution is 2.39. The molecule has 0 bridgehead atoms. The van der Waals surface area contributed by atoms with Gasteiger partial charge in [0.25, 0.3) is 0 Å². The highest BCUT2D eigenvalue weighted by atomic mass is 16.5. The molecule has 0 saturated heterocycles. The van der Waals surface area contributed by atoms with Crippen molar-refractivity contribution in [3.63, 3.8) is 0 Å². The van der Waals surface area contributed by atoms with E-state index < -0.39 is 0 Å². The molecule has 3 nitrogen and oxygen atoms in total. The molecule has 3 rings (SSSR count). The topological polar surface area (TPSA) is 27.1 Å². The first-order chi connectivity index (χ1) is 13.4.